The Bertz CT molecular complexity index is 785. The van der Waals surface area contributed by atoms with Crippen LogP contribution in [0.2, 0.25) is 0 Å². The molecule has 0 amide bonds. The fourth-order valence-electron chi connectivity index (χ4n) is 2.28. The minimum Gasteiger partial charge on any atom is -0.381 e. The molecule has 0 spiro atoms. The SMILES string of the molecule is N#Cc1ccccc1CNc1ccc2ccccc2c1. The van der Waals surface area contributed by atoms with Crippen LogP contribution in [0.1, 0.15) is 11.1 Å². The van der Waals surface area contributed by atoms with Gasteiger partial charge in [-0.05, 0) is 34.5 Å². The number of nitrogens with one attached hydrogen (secondary N) is 1. The molecule has 96 valence electrons. The first-order valence-electron chi connectivity index (χ1n) is 6.57. The summed E-state index contributed by atoms with van der Waals surface area (Å²) in [5.41, 5.74) is 2.81. The minimum absolute atomic E-state index is 0.655. The molecule has 0 saturated heterocycles. The Labute approximate surface area is 118 Å². The van der Waals surface area contributed by atoms with Gasteiger partial charge in [0.2, 0.25) is 0 Å². The van der Waals surface area contributed by atoms with Crippen LogP contribution in [0.25, 0.3) is 10.8 Å². The average molecular weight is 258 g/mol. The molecule has 0 aliphatic rings. The Morgan fingerprint density at radius 1 is 0.850 bits per heavy atom. The number of benzene rings is 3. The lowest BCUT2D eigenvalue weighted by molar-refractivity contribution is 1.14. The molecule has 0 unspecified atom stereocenters. The number of nitriles is 1. The van der Waals surface area contributed by atoms with Gasteiger partial charge in [0.05, 0.1) is 11.6 Å². The highest BCUT2D eigenvalue weighted by Crippen LogP contribution is 2.19. The topological polar surface area (TPSA) is 35.8 Å². The van der Waals surface area contributed by atoms with Gasteiger partial charge in [0.15, 0.2) is 0 Å². The highest BCUT2D eigenvalue weighted by atomic mass is 14.9. The van der Waals surface area contributed by atoms with Crippen LogP contribution < -0.4 is 5.32 Å². The van der Waals surface area contributed by atoms with E-state index in [-0.39, 0.29) is 0 Å². The van der Waals surface area contributed by atoms with Gasteiger partial charge in [-0.25, -0.2) is 0 Å². The van der Waals surface area contributed by atoms with Crippen molar-refractivity contribution in [3.8, 4) is 6.07 Å². The molecule has 0 fully saturated rings. The molecule has 3 aromatic rings. The van der Waals surface area contributed by atoms with E-state index in [0.717, 1.165) is 16.8 Å². The second-order valence-electron chi connectivity index (χ2n) is 4.68. The van der Waals surface area contributed by atoms with Crippen LogP contribution in [0, 0.1) is 11.3 Å². The number of anilines is 1. The van der Waals surface area contributed by atoms with Crippen molar-refractivity contribution in [3.05, 3.63) is 77.9 Å². The van der Waals surface area contributed by atoms with Crippen LogP contribution in [0.4, 0.5) is 5.69 Å². The number of hydrogen-bond donors (Lipinski definition) is 1. The quantitative estimate of drug-likeness (QED) is 0.759. The molecule has 20 heavy (non-hydrogen) atoms. The van der Waals surface area contributed by atoms with Gasteiger partial charge in [0.1, 0.15) is 0 Å². The van der Waals surface area contributed by atoms with E-state index in [1.807, 2.05) is 36.4 Å². The van der Waals surface area contributed by atoms with E-state index >= 15 is 0 Å². The molecule has 0 aliphatic carbocycles. The third-order valence-electron chi connectivity index (χ3n) is 3.37. The van der Waals surface area contributed by atoms with E-state index in [1.54, 1.807) is 0 Å². The maximum absolute atomic E-state index is 9.08. The first-order chi connectivity index (χ1) is 9.86. The van der Waals surface area contributed by atoms with Crippen LogP contribution in [0.3, 0.4) is 0 Å². The molecular formula is C18H14N2. The van der Waals surface area contributed by atoms with Crippen molar-refractivity contribution in [2.45, 2.75) is 6.54 Å². The van der Waals surface area contributed by atoms with E-state index < -0.39 is 0 Å². The fourth-order valence-corrected chi connectivity index (χ4v) is 2.28. The average Bonchev–Trinajstić information content (AvgIpc) is 2.53. The third kappa shape index (κ3) is 2.48. The molecule has 0 bridgehead atoms. The first kappa shape index (κ1) is 12.3. The van der Waals surface area contributed by atoms with Crippen molar-refractivity contribution in [2.24, 2.45) is 0 Å². The lowest BCUT2D eigenvalue weighted by atomic mass is 10.1. The summed E-state index contributed by atoms with van der Waals surface area (Å²) in [5, 5.41) is 14.9. The van der Waals surface area contributed by atoms with Crippen LogP contribution in [-0.2, 0) is 6.54 Å². The van der Waals surface area contributed by atoms with Gasteiger partial charge in [-0.1, -0.05) is 48.5 Å². The van der Waals surface area contributed by atoms with Gasteiger partial charge in [0.25, 0.3) is 0 Å². The molecule has 0 aromatic heterocycles. The monoisotopic (exact) mass is 258 g/mol. The summed E-state index contributed by atoms with van der Waals surface area (Å²) in [6, 6.07) is 24.5. The summed E-state index contributed by atoms with van der Waals surface area (Å²) in [4.78, 5) is 0. The zero-order valence-electron chi connectivity index (χ0n) is 11.0. The summed E-state index contributed by atoms with van der Waals surface area (Å²) in [7, 11) is 0. The van der Waals surface area contributed by atoms with E-state index in [0.29, 0.717) is 6.54 Å². The molecule has 2 nitrogen and oxygen atoms in total. The van der Waals surface area contributed by atoms with Crippen LogP contribution in [0.5, 0.6) is 0 Å². The zero-order chi connectivity index (χ0) is 13.8. The fraction of sp³-hybridized carbons (Fsp3) is 0.0556. The summed E-state index contributed by atoms with van der Waals surface area (Å²) in [6.45, 7) is 0.655. The van der Waals surface area contributed by atoms with Crippen LogP contribution in [0.15, 0.2) is 66.7 Å². The summed E-state index contributed by atoms with van der Waals surface area (Å²) >= 11 is 0. The Kier molecular flexibility index (Phi) is 3.34. The molecule has 3 rings (SSSR count). The Balaban J connectivity index is 1.82. The lowest BCUT2D eigenvalue weighted by Crippen LogP contribution is -2.01. The number of hydrogen-bond acceptors (Lipinski definition) is 2. The van der Waals surface area contributed by atoms with Gasteiger partial charge >= 0.3 is 0 Å². The van der Waals surface area contributed by atoms with E-state index in [4.69, 9.17) is 5.26 Å². The van der Waals surface area contributed by atoms with Gasteiger partial charge < -0.3 is 5.32 Å². The van der Waals surface area contributed by atoms with Gasteiger partial charge in [0, 0.05) is 12.2 Å². The molecule has 1 N–H and O–H groups in total. The second kappa shape index (κ2) is 5.46. The molecule has 0 radical (unpaired) electrons. The molecule has 0 atom stereocenters. The number of nitrogens with zero attached hydrogens (tertiary/aromatic N) is 1. The Morgan fingerprint density at radius 3 is 2.45 bits per heavy atom. The Morgan fingerprint density at radius 2 is 1.60 bits per heavy atom. The third-order valence-corrected chi connectivity index (χ3v) is 3.37. The van der Waals surface area contributed by atoms with E-state index in [2.05, 4.69) is 41.7 Å². The van der Waals surface area contributed by atoms with E-state index in [9.17, 15) is 0 Å². The standard InChI is InChI=1S/C18H14N2/c19-12-16-7-3-4-8-17(16)13-20-18-10-9-14-5-1-2-6-15(14)11-18/h1-11,20H,13H2. The van der Waals surface area contributed by atoms with Crippen molar-refractivity contribution in [1.82, 2.24) is 0 Å². The maximum Gasteiger partial charge on any atom is 0.0995 e. The molecule has 0 saturated carbocycles. The summed E-state index contributed by atoms with van der Waals surface area (Å²) in [5.74, 6) is 0. The maximum atomic E-state index is 9.08. The molecule has 0 heterocycles. The highest BCUT2D eigenvalue weighted by Gasteiger charge is 2.01. The smallest absolute Gasteiger partial charge is 0.0995 e. The van der Waals surface area contributed by atoms with Crippen molar-refractivity contribution in [2.75, 3.05) is 5.32 Å². The molecule has 2 heteroatoms. The predicted octanol–water partition coefficient (Wildman–Crippen LogP) is 4.32. The number of fused-ring (bicyclic) bond motifs is 1. The van der Waals surface area contributed by atoms with Gasteiger partial charge in [-0.15, -0.1) is 0 Å². The van der Waals surface area contributed by atoms with Crippen molar-refractivity contribution >= 4 is 16.5 Å². The van der Waals surface area contributed by atoms with E-state index in [1.165, 1.54) is 10.8 Å². The minimum atomic E-state index is 0.655. The zero-order valence-corrected chi connectivity index (χ0v) is 11.0. The first-order valence-corrected chi connectivity index (χ1v) is 6.57. The highest BCUT2D eigenvalue weighted by molar-refractivity contribution is 5.85. The molecule has 3 aromatic carbocycles. The second-order valence-corrected chi connectivity index (χ2v) is 4.68. The van der Waals surface area contributed by atoms with Crippen molar-refractivity contribution in [1.29, 1.82) is 5.26 Å². The lowest BCUT2D eigenvalue weighted by Gasteiger charge is -2.09. The van der Waals surface area contributed by atoms with Crippen molar-refractivity contribution < 1.29 is 0 Å². The predicted molar refractivity (Wildman–Crippen MR) is 82.4 cm³/mol. The largest absolute Gasteiger partial charge is 0.381 e. The van der Waals surface area contributed by atoms with Gasteiger partial charge in [-0.2, -0.15) is 5.26 Å². The van der Waals surface area contributed by atoms with Crippen molar-refractivity contribution in [3.63, 3.8) is 0 Å². The molecular weight excluding hydrogens is 244 g/mol. The van der Waals surface area contributed by atoms with Gasteiger partial charge in [-0.3, -0.25) is 0 Å². The van der Waals surface area contributed by atoms with Crippen LogP contribution >= 0.6 is 0 Å². The summed E-state index contributed by atoms with van der Waals surface area (Å²) < 4.78 is 0. The van der Waals surface area contributed by atoms with Crippen LogP contribution in [-0.4, -0.2) is 0 Å². The molecule has 0 aliphatic heterocycles. The number of rotatable bonds is 3. The Hall–Kier alpha value is -2.79. The summed E-state index contributed by atoms with van der Waals surface area (Å²) in [6.07, 6.45) is 0. The normalized spacial score (nSPS) is 10.2.